The maximum atomic E-state index is 12.0. The number of para-hydroxylation sites is 1. The molecule has 1 aromatic rings. The molecule has 0 fully saturated rings. The highest BCUT2D eigenvalue weighted by molar-refractivity contribution is 7.87. The van der Waals surface area contributed by atoms with Crippen LogP contribution in [0.25, 0.3) is 0 Å². The van der Waals surface area contributed by atoms with Gasteiger partial charge in [-0.05, 0) is 18.1 Å². The van der Waals surface area contributed by atoms with Gasteiger partial charge in [-0.25, -0.2) is 4.72 Å². The zero-order valence-corrected chi connectivity index (χ0v) is 12.5. The van der Waals surface area contributed by atoms with Gasteiger partial charge < -0.3 is 4.90 Å². The van der Waals surface area contributed by atoms with Crippen LogP contribution in [0.4, 0.5) is 5.69 Å². The van der Waals surface area contributed by atoms with Gasteiger partial charge in [0.05, 0.1) is 0 Å². The summed E-state index contributed by atoms with van der Waals surface area (Å²) in [6.45, 7) is 0.531. The second-order valence-corrected chi connectivity index (χ2v) is 6.82. The third-order valence-corrected chi connectivity index (χ3v) is 4.82. The lowest BCUT2D eigenvalue weighted by molar-refractivity contribution is -0.118. The van der Waals surface area contributed by atoms with Crippen molar-refractivity contribution in [2.75, 3.05) is 32.1 Å². The SMILES string of the molecule is CN(C)S(=O)(=O)NCCN1C(=O)CCc2ccccc21. The summed E-state index contributed by atoms with van der Waals surface area (Å²) in [6.07, 6.45) is 1.21. The van der Waals surface area contributed by atoms with Gasteiger partial charge in [-0.1, -0.05) is 18.2 Å². The average Bonchev–Trinajstić information content (AvgIpc) is 2.41. The molecule has 110 valence electrons. The topological polar surface area (TPSA) is 69.7 Å². The fraction of sp³-hybridized carbons (Fsp3) is 0.462. The Morgan fingerprint density at radius 1 is 1.25 bits per heavy atom. The summed E-state index contributed by atoms with van der Waals surface area (Å²) in [5.74, 6) is 0.0350. The fourth-order valence-electron chi connectivity index (χ4n) is 2.16. The van der Waals surface area contributed by atoms with Crippen LogP contribution in [-0.2, 0) is 21.4 Å². The van der Waals surface area contributed by atoms with E-state index in [4.69, 9.17) is 0 Å². The molecule has 0 radical (unpaired) electrons. The van der Waals surface area contributed by atoms with Crippen LogP contribution >= 0.6 is 0 Å². The molecule has 0 aliphatic carbocycles. The molecule has 1 N–H and O–H groups in total. The van der Waals surface area contributed by atoms with E-state index in [0.717, 1.165) is 22.0 Å². The molecule has 0 atom stereocenters. The highest BCUT2D eigenvalue weighted by Gasteiger charge is 2.23. The normalized spacial score (nSPS) is 15.6. The number of aryl methyl sites for hydroxylation is 1. The Labute approximate surface area is 119 Å². The zero-order valence-electron chi connectivity index (χ0n) is 11.7. The number of nitrogens with one attached hydrogen (secondary N) is 1. The minimum Gasteiger partial charge on any atom is -0.311 e. The van der Waals surface area contributed by atoms with Crippen LogP contribution in [0.2, 0.25) is 0 Å². The molecule has 0 aromatic heterocycles. The van der Waals surface area contributed by atoms with Crippen molar-refractivity contribution in [3.63, 3.8) is 0 Å². The molecular weight excluding hydrogens is 278 g/mol. The minimum atomic E-state index is -3.45. The first-order valence-corrected chi connectivity index (χ1v) is 7.91. The van der Waals surface area contributed by atoms with E-state index in [1.807, 2.05) is 24.3 Å². The van der Waals surface area contributed by atoms with Crippen molar-refractivity contribution in [3.05, 3.63) is 29.8 Å². The molecule has 1 aliphatic heterocycles. The highest BCUT2D eigenvalue weighted by Crippen LogP contribution is 2.26. The van der Waals surface area contributed by atoms with Crippen LogP contribution in [0, 0.1) is 0 Å². The Balaban J connectivity index is 2.05. The molecule has 1 heterocycles. The van der Waals surface area contributed by atoms with E-state index in [1.54, 1.807) is 4.90 Å². The Morgan fingerprint density at radius 3 is 2.65 bits per heavy atom. The first kappa shape index (κ1) is 15.0. The van der Waals surface area contributed by atoms with E-state index in [9.17, 15) is 13.2 Å². The number of nitrogens with zero attached hydrogens (tertiary/aromatic N) is 2. The van der Waals surface area contributed by atoms with Gasteiger partial charge >= 0.3 is 0 Å². The second-order valence-electron chi connectivity index (χ2n) is 4.86. The van der Waals surface area contributed by atoms with Crippen LogP contribution in [0.15, 0.2) is 24.3 Å². The Hall–Kier alpha value is -1.44. The lowest BCUT2D eigenvalue weighted by Crippen LogP contribution is -2.43. The number of anilines is 1. The van der Waals surface area contributed by atoms with Crippen molar-refractivity contribution in [3.8, 4) is 0 Å². The highest BCUT2D eigenvalue weighted by atomic mass is 32.2. The van der Waals surface area contributed by atoms with E-state index in [2.05, 4.69) is 4.72 Å². The summed E-state index contributed by atoms with van der Waals surface area (Å²) in [5.41, 5.74) is 2.01. The molecule has 1 amide bonds. The van der Waals surface area contributed by atoms with Crippen LogP contribution in [-0.4, -0.2) is 45.8 Å². The van der Waals surface area contributed by atoms with Crippen LogP contribution in [0.1, 0.15) is 12.0 Å². The third kappa shape index (κ3) is 3.17. The predicted molar refractivity (Wildman–Crippen MR) is 77.7 cm³/mol. The van der Waals surface area contributed by atoms with Gasteiger partial charge in [-0.15, -0.1) is 0 Å². The first-order chi connectivity index (χ1) is 9.42. The van der Waals surface area contributed by atoms with Crippen molar-refractivity contribution in [1.82, 2.24) is 9.03 Å². The van der Waals surface area contributed by atoms with Crippen molar-refractivity contribution >= 4 is 21.8 Å². The fourth-order valence-corrected chi connectivity index (χ4v) is 2.76. The van der Waals surface area contributed by atoms with Gasteiger partial charge in [0.1, 0.15) is 0 Å². The summed E-state index contributed by atoms with van der Waals surface area (Å²) in [5, 5.41) is 0. The summed E-state index contributed by atoms with van der Waals surface area (Å²) in [6, 6.07) is 7.72. The lowest BCUT2D eigenvalue weighted by Gasteiger charge is -2.29. The minimum absolute atomic E-state index is 0.0350. The number of carbonyl (C=O) groups excluding carboxylic acids is 1. The van der Waals surface area contributed by atoms with Crippen molar-refractivity contribution in [1.29, 1.82) is 0 Å². The van der Waals surface area contributed by atoms with Crippen molar-refractivity contribution in [2.45, 2.75) is 12.8 Å². The number of carbonyl (C=O) groups is 1. The molecule has 0 spiro atoms. The molecule has 0 unspecified atom stereocenters. The van der Waals surface area contributed by atoms with Crippen LogP contribution < -0.4 is 9.62 Å². The first-order valence-electron chi connectivity index (χ1n) is 6.47. The number of hydrogen-bond donors (Lipinski definition) is 1. The number of rotatable bonds is 5. The van der Waals surface area contributed by atoms with Crippen molar-refractivity contribution < 1.29 is 13.2 Å². The predicted octanol–water partition coefficient (Wildman–Crippen LogP) is 0.362. The molecule has 0 saturated heterocycles. The van der Waals surface area contributed by atoms with Gasteiger partial charge in [-0.2, -0.15) is 12.7 Å². The molecule has 7 heteroatoms. The second kappa shape index (κ2) is 5.90. The van der Waals surface area contributed by atoms with Crippen LogP contribution in [0.3, 0.4) is 0 Å². The van der Waals surface area contributed by atoms with Gasteiger partial charge in [0.25, 0.3) is 10.2 Å². The number of fused-ring (bicyclic) bond motifs is 1. The standard InChI is InChI=1S/C13H19N3O3S/c1-15(2)20(18,19)14-9-10-16-12-6-4-3-5-11(12)7-8-13(16)17/h3-6,14H,7-10H2,1-2H3. The molecule has 20 heavy (non-hydrogen) atoms. The van der Waals surface area contributed by atoms with E-state index >= 15 is 0 Å². The maximum absolute atomic E-state index is 12.0. The molecule has 1 aromatic carbocycles. The van der Waals surface area contributed by atoms with Gasteiger partial charge in [0.15, 0.2) is 0 Å². The molecule has 1 aliphatic rings. The Bertz CT molecular complexity index is 599. The monoisotopic (exact) mass is 297 g/mol. The quantitative estimate of drug-likeness (QED) is 0.853. The molecule has 0 bridgehead atoms. The summed E-state index contributed by atoms with van der Waals surface area (Å²) >= 11 is 0. The number of benzene rings is 1. The van der Waals surface area contributed by atoms with Gasteiger partial charge in [0.2, 0.25) is 5.91 Å². The number of hydrogen-bond acceptors (Lipinski definition) is 3. The molecular formula is C13H19N3O3S. The largest absolute Gasteiger partial charge is 0.311 e. The molecule has 0 saturated carbocycles. The van der Waals surface area contributed by atoms with Gasteiger partial charge in [0, 0.05) is 39.3 Å². The van der Waals surface area contributed by atoms with E-state index in [1.165, 1.54) is 14.1 Å². The molecule has 6 nitrogen and oxygen atoms in total. The van der Waals surface area contributed by atoms with E-state index in [-0.39, 0.29) is 12.5 Å². The Morgan fingerprint density at radius 2 is 1.95 bits per heavy atom. The zero-order chi connectivity index (χ0) is 14.8. The summed E-state index contributed by atoms with van der Waals surface area (Å²) < 4.78 is 26.8. The van der Waals surface area contributed by atoms with E-state index < -0.39 is 10.2 Å². The maximum Gasteiger partial charge on any atom is 0.278 e. The smallest absolute Gasteiger partial charge is 0.278 e. The number of amides is 1. The average molecular weight is 297 g/mol. The summed E-state index contributed by atoms with van der Waals surface area (Å²) in [4.78, 5) is 13.6. The lowest BCUT2D eigenvalue weighted by atomic mass is 10.0. The molecule has 2 rings (SSSR count). The van der Waals surface area contributed by atoms with Gasteiger partial charge in [-0.3, -0.25) is 4.79 Å². The van der Waals surface area contributed by atoms with Crippen LogP contribution in [0.5, 0.6) is 0 Å². The Kier molecular flexibility index (Phi) is 4.42. The third-order valence-electron chi connectivity index (χ3n) is 3.29. The van der Waals surface area contributed by atoms with Crippen molar-refractivity contribution in [2.24, 2.45) is 0 Å². The summed E-state index contributed by atoms with van der Waals surface area (Å²) in [7, 11) is -0.525. The van der Waals surface area contributed by atoms with E-state index in [0.29, 0.717) is 13.0 Å².